The zero-order valence-electron chi connectivity index (χ0n) is 10.1. The molecule has 1 aromatic carbocycles. The number of nitrogens with two attached hydrogens (primary N) is 1. The summed E-state index contributed by atoms with van der Waals surface area (Å²) in [6, 6.07) is 8.32. The number of para-hydroxylation sites is 1. The van der Waals surface area contributed by atoms with E-state index in [4.69, 9.17) is 5.73 Å². The van der Waals surface area contributed by atoms with Gasteiger partial charge in [0.25, 0.3) is 0 Å². The second-order valence-electron chi connectivity index (χ2n) is 5.16. The van der Waals surface area contributed by atoms with Crippen molar-refractivity contribution in [2.24, 2.45) is 5.73 Å². The van der Waals surface area contributed by atoms with Gasteiger partial charge in [-0.2, -0.15) is 5.10 Å². The Morgan fingerprint density at radius 1 is 1.18 bits per heavy atom. The SMILES string of the molecule is NCC1(c2[nH]nc3ccccc23)CCCCC1. The molecule has 2 aromatic rings. The van der Waals surface area contributed by atoms with Gasteiger partial charge in [0.2, 0.25) is 0 Å². The average Bonchev–Trinajstić information content (AvgIpc) is 2.84. The van der Waals surface area contributed by atoms with Crippen LogP contribution in [0.15, 0.2) is 24.3 Å². The Hall–Kier alpha value is -1.35. The highest BCUT2D eigenvalue weighted by molar-refractivity contribution is 5.82. The molecule has 1 aliphatic rings. The molecule has 3 nitrogen and oxygen atoms in total. The Kier molecular flexibility index (Phi) is 2.63. The van der Waals surface area contributed by atoms with Crippen molar-refractivity contribution in [2.75, 3.05) is 6.54 Å². The topological polar surface area (TPSA) is 54.7 Å². The molecule has 90 valence electrons. The lowest BCUT2D eigenvalue weighted by Crippen LogP contribution is -2.37. The number of H-pyrrole nitrogens is 1. The van der Waals surface area contributed by atoms with Crippen LogP contribution in [0.25, 0.3) is 10.9 Å². The summed E-state index contributed by atoms with van der Waals surface area (Å²) < 4.78 is 0. The predicted octanol–water partition coefficient (Wildman–Crippen LogP) is 2.72. The van der Waals surface area contributed by atoms with Crippen molar-refractivity contribution in [3.8, 4) is 0 Å². The van der Waals surface area contributed by atoms with Crippen LogP contribution < -0.4 is 5.73 Å². The van der Waals surface area contributed by atoms with E-state index in [9.17, 15) is 0 Å². The minimum Gasteiger partial charge on any atom is -0.330 e. The van der Waals surface area contributed by atoms with E-state index in [1.54, 1.807) is 0 Å². The highest BCUT2D eigenvalue weighted by Crippen LogP contribution is 2.40. The predicted molar refractivity (Wildman–Crippen MR) is 69.9 cm³/mol. The van der Waals surface area contributed by atoms with Crippen LogP contribution in [-0.4, -0.2) is 16.7 Å². The van der Waals surface area contributed by atoms with Crippen LogP contribution in [0.2, 0.25) is 0 Å². The van der Waals surface area contributed by atoms with Gasteiger partial charge in [0, 0.05) is 17.3 Å². The van der Waals surface area contributed by atoms with Gasteiger partial charge < -0.3 is 5.73 Å². The van der Waals surface area contributed by atoms with Crippen LogP contribution in [0.3, 0.4) is 0 Å². The molecule has 0 saturated heterocycles. The molecule has 1 aromatic heterocycles. The smallest absolute Gasteiger partial charge is 0.0923 e. The molecule has 0 bridgehead atoms. The van der Waals surface area contributed by atoms with Crippen molar-refractivity contribution < 1.29 is 0 Å². The van der Waals surface area contributed by atoms with Crippen molar-refractivity contribution >= 4 is 10.9 Å². The molecule has 1 heterocycles. The van der Waals surface area contributed by atoms with Crippen molar-refractivity contribution in [1.82, 2.24) is 10.2 Å². The van der Waals surface area contributed by atoms with Crippen LogP contribution in [0.5, 0.6) is 0 Å². The molecule has 1 aliphatic carbocycles. The summed E-state index contributed by atoms with van der Waals surface area (Å²) in [6.45, 7) is 0.721. The van der Waals surface area contributed by atoms with E-state index in [-0.39, 0.29) is 5.41 Å². The van der Waals surface area contributed by atoms with Crippen molar-refractivity contribution in [3.05, 3.63) is 30.0 Å². The average molecular weight is 229 g/mol. The third kappa shape index (κ3) is 1.65. The monoisotopic (exact) mass is 229 g/mol. The molecular weight excluding hydrogens is 210 g/mol. The minimum atomic E-state index is 0.133. The van der Waals surface area contributed by atoms with Crippen molar-refractivity contribution in [3.63, 3.8) is 0 Å². The molecule has 1 saturated carbocycles. The zero-order valence-corrected chi connectivity index (χ0v) is 10.1. The molecule has 0 aliphatic heterocycles. The van der Waals surface area contributed by atoms with Crippen molar-refractivity contribution in [2.45, 2.75) is 37.5 Å². The van der Waals surface area contributed by atoms with Gasteiger partial charge >= 0.3 is 0 Å². The normalized spacial score (nSPS) is 19.6. The molecule has 17 heavy (non-hydrogen) atoms. The van der Waals surface area contributed by atoms with Gasteiger partial charge in [-0.3, -0.25) is 5.10 Å². The van der Waals surface area contributed by atoms with Gasteiger partial charge in [-0.05, 0) is 18.9 Å². The number of fused-ring (bicyclic) bond motifs is 1. The number of benzene rings is 1. The minimum absolute atomic E-state index is 0.133. The second kappa shape index (κ2) is 4.15. The Bertz CT molecular complexity index is 509. The maximum absolute atomic E-state index is 6.07. The van der Waals surface area contributed by atoms with E-state index in [1.165, 1.54) is 43.2 Å². The van der Waals surface area contributed by atoms with E-state index in [2.05, 4.69) is 28.4 Å². The van der Waals surface area contributed by atoms with E-state index in [0.29, 0.717) is 0 Å². The Labute approximate surface area is 101 Å². The number of nitrogens with zero attached hydrogens (tertiary/aromatic N) is 1. The first-order valence-electron chi connectivity index (χ1n) is 6.49. The third-order valence-electron chi connectivity index (χ3n) is 4.19. The molecule has 3 N–H and O–H groups in total. The van der Waals surface area contributed by atoms with Gasteiger partial charge in [-0.25, -0.2) is 0 Å². The van der Waals surface area contributed by atoms with Crippen LogP contribution in [-0.2, 0) is 5.41 Å². The highest BCUT2D eigenvalue weighted by Gasteiger charge is 2.35. The Balaban J connectivity index is 2.12. The summed E-state index contributed by atoms with van der Waals surface area (Å²) in [7, 11) is 0. The quantitative estimate of drug-likeness (QED) is 0.832. The summed E-state index contributed by atoms with van der Waals surface area (Å²) >= 11 is 0. The van der Waals surface area contributed by atoms with Crippen molar-refractivity contribution in [1.29, 1.82) is 0 Å². The molecule has 0 amide bonds. The van der Waals surface area contributed by atoms with Gasteiger partial charge in [0.15, 0.2) is 0 Å². The summed E-state index contributed by atoms with van der Waals surface area (Å²) in [5.74, 6) is 0. The number of nitrogens with one attached hydrogen (secondary N) is 1. The molecule has 3 heteroatoms. The standard InChI is InChI=1S/C14H19N3/c15-10-14(8-4-1-5-9-14)13-11-6-2-3-7-12(11)16-17-13/h2-3,6-7H,1,4-5,8-10,15H2,(H,16,17). The largest absolute Gasteiger partial charge is 0.330 e. The highest BCUT2D eigenvalue weighted by atomic mass is 15.1. The number of aromatic nitrogens is 2. The van der Waals surface area contributed by atoms with Gasteiger partial charge in [-0.1, -0.05) is 37.5 Å². The van der Waals surface area contributed by atoms with E-state index in [0.717, 1.165) is 12.1 Å². The Morgan fingerprint density at radius 2 is 1.94 bits per heavy atom. The molecule has 0 spiro atoms. The Morgan fingerprint density at radius 3 is 2.71 bits per heavy atom. The number of aromatic amines is 1. The summed E-state index contributed by atoms with van der Waals surface area (Å²) in [5.41, 5.74) is 8.52. The molecule has 0 radical (unpaired) electrons. The maximum Gasteiger partial charge on any atom is 0.0923 e. The fourth-order valence-corrected chi connectivity index (χ4v) is 3.15. The van der Waals surface area contributed by atoms with Gasteiger partial charge in [-0.15, -0.1) is 0 Å². The van der Waals surface area contributed by atoms with Crippen LogP contribution in [0.1, 0.15) is 37.8 Å². The van der Waals surface area contributed by atoms with Crippen LogP contribution >= 0.6 is 0 Å². The summed E-state index contributed by atoms with van der Waals surface area (Å²) in [5, 5.41) is 8.90. The zero-order chi connectivity index (χ0) is 11.7. The number of hydrogen-bond donors (Lipinski definition) is 2. The van der Waals surface area contributed by atoms with Crippen LogP contribution in [0.4, 0.5) is 0 Å². The first-order chi connectivity index (χ1) is 8.36. The molecule has 1 fully saturated rings. The molecule has 3 rings (SSSR count). The fourth-order valence-electron chi connectivity index (χ4n) is 3.15. The number of rotatable bonds is 2. The lowest BCUT2D eigenvalue weighted by atomic mass is 9.71. The lowest BCUT2D eigenvalue weighted by Gasteiger charge is -2.35. The molecular formula is C14H19N3. The van der Waals surface area contributed by atoms with Gasteiger partial charge in [0.1, 0.15) is 0 Å². The van der Waals surface area contributed by atoms with E-state index < -0.39 is 0 Å². The first kappa shape index (κ1) is 10.8. The first-order valence-corrected chi connectivity index (χ1v) is 6.49. The molecule has 0 unspecified atom stereocenters. The second-order valence-corrected chi connectivity index (χ2v) is 5.16. The van der Waals surface area contributed by atoms with E-state index in [1.807, 2.05) is 6.07 Å². The fraction of sp³-hybridized carbons (Fsp3) is 0.500. The van der Waals surface area contributed by atoms with Crippen LogP contribution in [0, 0.1) is 0 Å². The van der Waals surface area contributed by atoms with Gasteiger partial charge in [0.05, 0.1) is 11.2 Å². The molecule has 0 atom stereocenters. The maximum atomic E-state index is 6.07. The third-order valence-corrected chi connectivity index (χ3v) is 4.19. The summed E-state index contributed by atoms with van der Waals surface area (Å²) in [4.78, 5) is 0. The number of hydrogen-bond acceptors (Lipinski definition) is 2. The van der Waals surface area contributed by atoms with E-state index >= 15 is 0 Å². The summed E-state index contributed by atoms with van der Waals surface area (Å²) in [6.07, 6.45) is 6.29. The lowest BCUT2D eigenvalue weighted by molar-refractivity contribution is 0.295.